The molecule has 0 amide bonds. The van der Waals surface area contributed by atoms with Gasteiger partial charge in [0.1, 0.15) is 0 Å². The van der Waals surface area contributed by atoms with Crippen molar-refractivity contribution in [2.75, 3.05) is 0 Å². The van der Waals surface area contributed by atoms with Crippen molar-refractivity contribution in [3.05, 3.63) is 0 Å². The Morgan fingerprint density at radius 1 is 0.414 bits per heavy atom. The normalized spacial score (nSPS) is 13.4. The molecule has 29 heavy (non-hydrogen) atoms. The van der Waals surface area contributed by atoms with Gasteiger partial charge in [-0.25, -0.2) is 0 Å². The molecule has 0 saturated heterocycles. The summed E-state index contributed by atoms with van der Waals surface area (Å²) in [5.74, 6) is -7.57. The van der Waals surface area contributed by atoms with Crippen molar-refractivity contribution >= 4 is 186 Å². The number of carbonyl (C=O) groups excluding carboxylic acids is 4. The topological polar surface area (TPSA) is 105 Å². The number of halogens is 12. The molecule has 0 aliphatic rings. The molecule has 0 atom stereocenters. The van der Waals surface area contributed by atoms with Gasteiger partial charge >= 0.3 is 231 Å². The molecule has 0 fully saturated rings. The molecule has 0 heterocycles. The van der Waals surface area contributed by atoms with Crippen molar-refractivity contribution in [2.45, 2.75) is 15.2 Å². The Morgan fingerprint density at radius 2 is 0.552 bits per heavy atom. The number of alkyl halides is 12. The van der Waals surface area contributed by atoms with Gasteiger partial charge in [-0.2, -0.15) is 0 Å². The molecule has 21 heteroatoms. The van der Waals surface area contributed by atoms with Crippen molar-refractivity contribution in [1.82, 2.24) is 0 Å². The van der Waals surface area contributed by atoms with Crippen molar-refractivity contribution in [1.29, 1.82) is 0 Å². The molecule has 0 unspecified atom stereocenters. The summed E-state index contributed by atoms with van der Waals surface area (Å²) in [7, 11) is 0. The molecule has 168 valence electrons. The molecule has 8 nitrogen and oxygen atoms in total. The van der Waals surface area contributed by atoms with E-state index in [1.165, 1.54) is 0 Å². The Balaban J connectivity index is 6.42. The Hall–Kier alpha value is 2.28. The van der Waals surface area contributed by atoms with Gasteiger partial charge in [-0.05, 0) is 0 Å². The predicted molar refractivity (Wildman–Crippen MR) is 111 cm³/mol. The standard InChI is InChI=1S/4C2HCl3O2.Pb/c4*3-2(4,5)1(6)7;/h4*(H,6,7);/q;;;;+4/p-4. The van der Waals surface area contributed by atoms with Crippen LogP contribution in [-0.2, 0) is 29.9 Å². The molecule has 0 aromatic carbocycles. The van der Waals surface area contributed by atoms with Crippen molar-refractivity contribution in [2.24, 2.45) is 0 Å². The van der Waals surface area contributed by atoms with Crippen LogP contribution in [-0.4, -0.2) is 62.0 Å². The Bertz CT molecular complexity index is 556. The molecule has 0 spiro atoms. The van der Waals surface area contributed by atoms with Gasteiger partial charge in [-0.3, -0.25) is 0 Å². The van der Waals surface area contributed by atoms with Gasteiger partial charge in [0.2, 0.25) is 0 Å². The van der Waals surface area contributed by atoms with E-state index in [9.17, 15) is 19.2 Å². The van der Waals surface area contributed by atoms with Crippen LogP contribution in [0.1, 0.15) is 0 Å². The van der Waals surface area contributed by atoms with E-state index >= 15 is 0 Å². The fourth-order valence-corrected chi connectivity index (χ4v) is 11.2. The zero-order valence-corrected chi connectivity index (χ0v) is 25.3. The van der Waals surface area contributed by atoms with E-state index < -0.39 is 62.0 Å². The van der Waals surface area contributed by atoms with Crippen LogP contribution in [0.2, 0.25) is 0 Å². The van der Waals surface area contributed by atoms with Gasteiger partial charge in [0.05, 0.1) is 0 Å². The molecular formula is C8Cl12O8Pb. The van der Waals surface area contributed by atoms with Crippen LogP contribution in [0.25, 0.3) is 0 Å². The first kappa shape index (κ1) is 31.3. The third kappa shape index (κ3) is 11.3. The molecule has 0 aliphatic heterocycles. The third-order valence-corrected chi connectivity index (χ3v) is 10.4. The predicted octanol–water partition coefficient (Wildman–Crippen LogP) is 5.08. The second kappa shape index (κ2) is 11.1. The van der Waals surface area contributed by atoms with Gasteiger partial charge in [0, 0.05) is 0 Å². The number of rotatable bonds is 4. The summed E-state index contributed by atoms with van der Waals surface area (Å²) >= 11 is 56.6. The molecule has 0 bridgehead atoms. The van der Waals surface area contributed by atoms with Gasteiger partial charge < -0.3 is 0 Å². The number of hydrogen-bond acceptors (Lipinski definition) is 8. The average Bonchev–Trinajstić information content (AvgIpc) is 2.42. The molecule has 0 aliphatic carbocycles. The van der Waals surface area contributed by atoms with E-state index in [0.717, 1.165) is 0 Å². The fourth-order valence-electron chi connectivity index (χ4n) is 0.811. The maximum atomic E-state index is 11.9. The first-order chi connectivity index (χ1) is 12.5. The van der Waals surface area contributed by atoms with Gasteiger partial charge in [-0.15, -0.1) is 0 Å². The van der Waals surface area contributed by atoms with E-state index in [0.29, 0.717) is 0 Å². The summed E-state index contributed by atoms with van der Waals surface area (Å²) in [6.45, 7) is 0. The summed E-state index contributed by atoms with van der Waals surface area (Å²) in [5.41, 5.74) is 0. The van der Waals surface area contributed by atoms with E-state index in [-0.39, 0.29) is 0 Å². The second-order valence-electron chi connectivity index (χ2n) is 4.05. The first-order valence-corrected chi connectivity index (χ1v) is 16.6. The monoisotopic (exact) mass is 852 g/mol. The van der Waals surface area contributed by atoms with Gasteiger partial charge in [0.25, 0.3) is 0 Å². The third-order valence-electron chi connectivity index (χ3n) is 1.80. The van der Waals surface area contributed by atoms with Gasteiger partial charge in [0.15, 0.2) is 0 Å². The van der Waals surface area contributed by atoms with E-state index in [1.54, 1.807) is 0 Å². The zero-order valence-electron chi connectivity index (χ0n) is 12.3. The van der Waals surface area contributed by atoms with E-state index in [4.69, 9.17) is 139 Å². The number of carbonyl (C=O) groups is 4. The minimum atomic E-state index is -7.04. The molecule has 0 aromatic rings. The zero-order chi connectivity index (χ0) is 23.6. The SMILES string of the molecule is O=C([O][Pb]([O]C(=O)C(Cl)(Cl)Cl)([O]C(=O)C(Cl)(Cl)Cl)[O]C(=O)C(Cl)(Cl)Cl)C(Cl)(Cl)Cl. The Labute approximate surface area is 228 Å². The van der Waals surface area contributed by atoms with E-state index in [2.05, 4.69) is 10.7 Å². The van der Waals surface area contributed by atoms with Gasteiger partial charge in [-0.1, -0.05) is 0 Å². The minimum absolute atomic E-state index is 1.89. The molecule has 0 radical (unpaired) electrons. The molecule has 0 aromatic heterocycles. The molecule has 0 N–H and O–H groups in total. The average molecular weight is 857 g/mol. The van der Waals surface area contributed by atoms with Crippen molar-refractivity contribution < 1.29 is 29.9 Å². The first-order valence-electron chi connectivity index (χ1n) is 5.72. The Kier molecular flexibility index (Phi) is 12.0. The van der Waals surface area contributed by atoms with E-state index in [1.807, 2.05) is 0 Å². The van der Waals surface area contributed by atoms with Crippen LogP contribution >= 0.6 is 139 Å². The van der Waals surface area contributed by atoms with Crippen LogP contribution in [0, 0.1) is 0 Å². The Morgan fingerprint density at radius 3 is 0.655 bits per heavy atom. The molecule has 0 saturated carbocycles. The van der Waals surface area contributed by atoms with Crippen LogP contribution in [0.5, 0.6) is 0 Å². The maximum absolute atomic E-state index is 11.9. The summed E-state index contributed by atoms with van der Waals surface area (Å²) in [6, 6.07) is 0. The van der Waals surface area contributed by atoms with Crippen LogP contribution < -0.4 is 0 Å². The second-order valence-corrected chi connectivity index (χ2v) is 20.2. The molecular weight excluding hydrogens is 857 g/mol. The summed E-state index contributed by atoms with van der Waals surface area (Å²) < 4.78 is 6.55. The summed E-state index contributed by atoms with van der Waals surface area (Å²) in [6.07, 6.45) is 0. The summed E-state index contributed by atoms with van der Waals surface area (Å²) in [4.78, 5) is 47.8. The number of hydrogen-bond donors (Lipinski definition) is 0. The quantitative estimate of drug-likeness (QED) is 0.285. The van der Waals surface area contributed by atoms with Crippen molar-refractivity contribution in [3.63, 3.8) is 0 Å². The van der Waals surface area contributed by atoms with Crippen LogP contribution in [0.15, 0.2) is 0 Å². The van der Waals surface area contributed by atoms with Crippen LogP contribution in [0.4, 0.5) is 0 Å². The molecule has 0 rings (SSSR count). The fraction of sp³-hybridized carbons (Fsp3) is 0.500. The van der Waals surface area contributed by atoms with Crippen LogP contribution in [0.3, 0.4) is 0 Å². The van der Waals surface area contributed by atoms with Crippen molar-refractivity contribution in [3.8, 4) is 0 Å². The summed E-state index contributed by atoms with van der Waals surface area (Å²) in [5, 5.41) is 0.